The van der Waals surface area contributed by atoms with Crippen LogP contribution in [0, 0.1) is 39.9 Å². The lowest BCUT2D eigenvalue weighted by Gasteiger charge is -2.57. The summed E-state index contributed by atoms with van der Waals surface area (Å²) in [6.07, 6.45) is 13.6. The maximum atomic E-state index is 12.4. The van der Waals surface area contributed by atoms with Crippen molar-refractivity contribution in [1.29, 1.82) is 0 Å². The summed E-state index contributed by atoms with van der Waals surface area (Å²) in [4.78, 5) is 24.4. The standard InChI is InChI=1S/C24H35NO2/c1-22(2,3)14-24-12-10-18-17(19(24)7-8-20(24)21(25)27)6-5-15-13-16(26)9-11-23(15,18)4/h5-6,13,17-20H,7-12,14H2,1-4H3,(H2,25,27)/t17-,18+,19+,20-,23+,24-/m1/s1. The Morgan fingerprint density at radius 3 is 2.59 bits per heavy atom. The van der Waals surface area contributed by atoms with Gasteiger partial charge in [0.2, 0.25) is 5.91 Å². The molecule has 0 aromatic rings. The van der Waals surface area contributed by atoms with E-state index in [1.807, 2.05) is 6.08 Å². The minimum atomic E-state index is -0.0879. The summed E-state index contributed by atoms with van der Waals surface area (Å²) in [6, 6.07) is 0. The van der Waals surface area contributed by atoms with Crippen molar-refractivity contribution in [1.82, 2.24) is 0 Å². The van der Waals surface area contributed by atoms with Crippen LogP contribution in [0.15, 0.2) is 23.8 Å². The third kappa shape index (κ3) is 2.84. The van der Waals surface area contributed by atoms with Crippen LogP contribution < -0.4 is 5.73 Å². The Hall–Kier alpha value is -1.38. The summed E-state index contributed by atoms with van der Waals surface area (Å²) in [6.45, 7) is 9.27. The van der Waals surface area contributed by atoms with Gasteiger partial charge in [0.15, 0.2) is 5.78 Å². The number of ketones is 1. The second-order valence-electron chi connectivity index (χ2n) is 11.2. The van der Waals surface area contributed by atoms with Crippen LogP contribution in [0.5, 0.6) is 0 Å². The maximum absolute atomic E-state index is 12.4. The molecule has 4 aliphatic carbocycles. The minimum Gasteiger partial charge on any atom is -0.369 e. The molecule has 0 bridgehead atoms. The van der Waals surface area contributed by atoms with Gasteiger partial charge in [-0.2, -0.15) is 0 Å². The first-order chi connectivity index (χ1) is 12.6. The number of carbonyl (C=O) groups is 2. The van der Waals surface area contributed by atoms with E-state index in [9.17, 15) is 9.59 Å². The molecule has 2 fully saturated rings. The maximum Gasteiger partial charge on any atom is 0.221 e. The third-order valence-corrected chi connectivity index (χ3v) is 8.43. The fourth-order valence-corrected chi connectivity index (χ4v) is 7.57. The molecule has 3 heteroatoms. The molecule has 0 radical (unpaired) electrons. The number of carbonyl (C=O) groups excluding carboxylic acids is 2. The predicted molar refractivity (Wildman–Crippen MR) is 108 cm³/mol. The molecule has 2 saturated carbocycles. The van der Waals surface area contributed by atoms with Crippen LogP contribution in [-0.4, -0.2) is 11.7 Å². The highest BCUT2D eigenvalue weighted by Gasteiger charge is 2.61. The topological polar surface area (TPSA) is 60.2 Å². The summed E-state index contributed by atoms with van der Waals surface area (Å²) < 4.78 is 0. The molecule has 0 aliphatic heterocycles. The molecule has 6 atom stereocenters. The zero-order valence-electron chi connectivity index (χ0n) is 17.4. The number of hydrogen-bond donors (Lipinski definition) is 1. The molecule has 3 nitrogen and oxygen atoms in total. The van der Waals surface area contributed by atoms with Gasteiger partial charge in [0.05, 0.1) is 0 Å². The van der Waals surface area contributed by atoms with Crippen molar-refractivity contribution in [3.8, 4) is 0 Å². The van der Waals surface area contributed by atoms with Crippen LogP contribution in [0.4, 0.5) is 0 Å². The van der Waals surface area contributed by atoms with Crippen molar-refractivity contribution in [3.63, 3.8) is 0 Å². The fourth-order valence-electron chi connectivity index (χ4n) is 7.57. The zero-order valence-corrected chi connectivity index (χ0v) is 17.4. The molecule has 27 heavy (non-hydrogen) atoms. The molecule has 0 aromatic carbocycles. The van der Waals surface area contributed by atoms with Crippen LogP contribution in [0.25, 0.3) is 0 Å². The molecule has 0 unspecified atom stereocenters. The van der Waals surface area contributed by atoms with Gasteiger partial charge in [0, 0.05) is 12.3 Å². The van der Waals surface area contributed by atoms with Gasteiger partial charge in [0.1, 0.15) is 0 Å². The first-order valence-electron chi connectivity index (χ1n) is 10.8. The van der Waals surface area contributed by atoms with Gasteiger partial charge < -0.3 is 5.73 Å². The van der Waals surface area contributed by atoms with Crippen LogP contribution in [-0.2, 0) is 9.59 Å². The van der Waals surface area contributed by atoms with E-state index in [1.54, 1.807) is 0 Å². The summed E-state index contributed by atoms with van der Waals surface area (Å²) >= 11 is 0. The fraction of sp³-hybridized carbons (Fsp3) is 0.750. The largest absolute Gasteiger partial charge is 0.369 e. The molecule has 4 rings (SSSR count). The lowest BCUT2D eigenvalue weighted by molar-refractivity contribution is -0.131. The molecule has 0 spiro atoms. The Balaban J connectivity index is 1.75. The Morgan fingerprint density at radius 1 is 1.19 bits per heavy atom. The van der Waals surface area contributed by atoms with Gasteiger partial charge in [-0.05, 0) is 84.2 Å². The van der Waals surface area contributed by atoms with Gasteiger partial charge in [-0.25, -0.2) is 0 Å². The van der Waals surface area contributed by atoms with Gasteiger partial charge in [-0.3, -0.25) is 9.59 Å². The predicted octanol–water partition coefficient (Wildman–Crippen LogP) is 4.81. The monoisotopic (exact) mass is 369 g/mol. The Bertz CT molecular complexity index is 727. The molecule has 4 aliphatic rings. The molecular formula is C24H35NO2. The highest BCUT2D eigenvalue weighted by atomic mass is 16.1. The van der Waals surface area contributed by atoms with Crippen molar-refractivity contribution in [2.45, 2.75) is 72.6 Å². The number of hydrogen-bond acceptors (Lipinski definition) is 2. The number of nitrogens with two attached hydrogens (primary N) is 1. The smallest absolute Gasteiger partial charge is 0.221 e. The van der Waals surface area contributed by atoms with E-state index in [0.717, 1.165) is 38.5 Å². The number of allylic oxidation sites excluding steroid dienone is 4. The van der Waals surface area contributed by atoms with Crippen LogP contribution in [0.1, 0.15) is 72.6 Å². The summed E-state index contributed by atoms with van der Waals surface area (Å²) in [5.41, 5.74) is 7.52. The molecule has 148 valence electrons. The second kappa shape index (κ2) is 6.06. The van der Waals surface area contributed by atoms with Crippen molar-refractivity contribution in [2.75, 3.05) is 0 Å². The van der Waals surface area contributed by atoms with E-state index >= 15 is 0 Å². The molecule has 1 amide bonds. The Labute approximate surface area is 163 Å². The lowest BCUT2D eigenvalue weighted by atomic mass is 9.46. The van der Waals surface area contributed by atoms with Crippen LogP contribution >= 0.6 is 0 Å². The second-order valence-corrected chi connectivity index (χ2v) is 11.2. The Kier molecular flexibility index (Phi) is 4.25. The molecular weight excluding hydrogens is 334 g/mol. The first-order valence-corrected chi connectivity index (χ1v) is 10.8. The zero-order chi connectivity index (χ0) is 19.6. The minimum absolute atomic E-state index is 0.0220. The van der Waals surface area contributed by atoms with Crippen molar-refractivity contribution in [3.05, 3.63) is 23.8 Å². The van der Waals surface area contributed by atoms with E-state index in [2.05, 4.69) is 39.8 Å². The quantitative estimate of drug-likeness (QED) is 0.759. The van der Waals surface area contributed by atoms with E-state index in [-0.39, 0.29) is 33.9 Å². The average Bonchev–Trinajstić information content (AvgIpc) is 2.92. The Morgan fingerprint density at radius 2 is 1.93 bits per heavy atom. The first kappa shape index (κ1) is 19.0. The SMILES string of the molecule is CC(C)(C)C[C@]12CC[C@H]3[C@@H](C=CC4=CC(=O)CC[C@@]43C)[C@@H]1CC[C@@H]2C(N)=O. The van der Waals surface area contributed by atoms with Crippen molar-refractivity contribution < 1.29 is 9.59 Å². The van der Waals surface area contributed by atoms with Gasteiger partial charge in [0.25, 0.3) is 0 Å². The van der Waals surface area contributed by atoms with E-state index in [0.29, 0.717) is 24.2 Å². The summed E-state index contributed by atoms with van der Waals surface area (Å²) in [5.74, 6) is 1.86. The molecule has 0 heterocycles. The lowest BCUT2D eigenvalue weighted by Crippen LogP contribution is -2.52. The summed E-state index contributed by atoms with van der Waals surface area (Å²) in [5, 5.41) is 0. The van der Waals surface area contributed by atoms with Crippen molar-refractivity contribution in [2.24, 2.45) is 45.7 Å². The number of primary amides is 1. The van der Waals surface area contributed by atoms with Gasteiger partial charge in [-0.1, -0.05) is 39.8 Å². The van der Waals surface area contributed by atoms with Crippen LogP contribution in [0.2, 0.25) is 0 Å². The number of amides is 1. The third-order valence-electron chi connectivity index (χ3n) is 8.43. The van der Waals surface area contributed by atoms with Gasteiger partial charge >= 0.3 is 0 Å². The normalized spacial score (nSPS) is 43.6. The highest BCUT2D eigenvalue weighted by molar-refractivity contribution is 5.92. The highest BCUT2D eigenvalue weighted by Crippen LogP contribution is 2.67. The molecule has 0 aromatic heterocycles. The van der Waals surface area contributed by atoms with Crippen LogP contribution in [0.3, 0.4) is 0 Å². The van der Waals surface area contributed by atoms with Gasteiger partial charge in [-0.15, -0.1) is 0 Å². The number of fused-ring (bicyclic) bond motifs is 5. The number of rotatable bonds is 2. The van der Waals surface area contributed by atoms with E-state index < -0.39 is 0 Å². The van der Waals surface area contributed by atoms with E-state index in [4.69, 9.17) is 5.73 Å². The molecule has 0 saturated heterocycles. The van der Waals surface area contributed by atoms with Crippen molar-refractivity contribution >= 4 is 11.7 Å². The average molecular weight is 370 g/mol. The molecule has 2 N–H and O–H groups in total. The van der Waals surface area contributed by atoms with E-state index in [1.165, 1.54) is 5.57 Å². The summed E-state index contributed by atoms with van der Waals surface area (Å²) in [7, 11) is 0.